The molecule has 0 bridgehead atoms. The van der Waals surface area contributed by atoms with Gasteiger partial charge in [-0.3, -0.25) is 4.98 Å². The van der Waals surface area contributed by atoms with Gasteiger partial charge in [0.25, 0.3) is 0 Å². The molecule has 1 aliphatic rings. The number of nitrogens with one attached hydrogen (secondary N) is 1. The van der Waals surface area contributed by atoms with Gasteiger partial charge in [0.2, 0.25) is 0 Å². The molecule has 0 saturated carbocycles. The van der Waals surface area contributed by atoms with Crippen LogP contribution in [0.1, 0.15) is 18.5 Å². The highest BCUT2D eigenvalue weighted by atomic mass is 19.4. The van der Waals surface area contributed by atoms with Gasteiger partial charge < -0.3 is 10.2 Å². The highest BCUT2D eigenvalue weighted by molar-refractivity contribution is 5.47. The monoisotopic (exact) mass is 273 g/mol. The van der Waals surface area contributed by atoms with Crippen molar-refractivity contribution in [1.82, 2.24) is 10.3 Å². The third-order valence-electron chi connectivity index (χ3n) is 3.51. The molecule has 2 heterocycles. The number of anilines is 1. The minimum absolute atomic E-state index is 0.616. The molecule has 0 aromatic carbocycles. The van der Waals surface area contributed by atoms with Crippen LogP contribution in [0.25, 0.3) is 0 Å². The van der Waals surface area contributed by atoms with Crippen molar-refractivity contribution in [3.05, 3.63) is 24.0 Å². The van der Waals surface area contributed by atoms with Crippen LogP contribution in [0.3, 0.4) is 0 Å². The molecule has 1 aliphatic heterocycles. The molecule has 1 saturated heterocycles. The van der Waals surface area contributed by atoms with Crippen LogP contribution in [-0.2, 0) is 6.18 Å². The van der Waals surface area contributed by atoms with Crippen molar-refractivity contribution in [3.63, 3.8) is 0 Å². The zero-order chi connectivity index (χ0) is 13.9. The summed E-state index contributed by atoms with van der Waals surface area (Å²) in [6.07, 6.45) is -1.13. The molecule has 1 N–H and O–H groups in total. The smallest absolute Gasteiger partial charge is 0.371 e. The van der Waals surface area contributed by atoms with E-state index in [0.717, 1.165) is 38.5 Å². The summed E-state index contributed by atoms with van der Waals surface area (Å²) in [4.78, 5) is 5.39. The topological polar surface area (TPSA) is 28.2 Å². The molecular formula is C13H18F3N3. The minimum Gasteiger partial charge on any atom is -0.371 e. The summed E-state index contributed by atoms with van der Waals surface area (Å²) in [6.45, 7) is 2.57. The number of rotatable bonds is 3. The number of hydrogen-bond donors (Lipinski definition) is 1. The summed E-state index contributed by atoms with van der Waals surface area (Å²) in [5.74, 6) is 0.616. The van der Waals surface area contributed by atoms with Gasteiger partial charge in [0, 0.05) is 25.0 Å². The highest BCUT2D eigenvalue weighted by Crippen LogP contribution is 2.31. The molecule has 0 aliphatic carbocycles. The Labute approximate surface area is 110 Å². The van der Waals surface area contributed by atoms with E-state index < -0.39 is 11.9 Å². The van der Waals surface area contributed by atoms with Crippen LogP contribution >= 0.6 is 0 Å². The van der Waals surface area contributed by atoms with Crippen molar-refractivity contribution in [2.45, 2.75) is 19.0 Å². The Hall–Kier alpha value is -1.30. The molecule has 1 aromatic rings. The number of hydrogen-bond acceptors (Lipinski definition) is 3. The molecule has 0 radical (unpaired) electrons. The Balaban J connectivity index is 2.03. The lowest BCUT2D eigenvalue weighted by atomic mass is 9.96. The summed E-state index contributed by atoms with van der Waals surface area (Å²) in [5, 5.41) is 3.14. The van der Waals surface area contributed by atoms with Crippen LogP contribution < -0.4 is 10.2 Å². The summed E-state index contributed by atoms with van der Waals surface area (Å²) in [6, 6.07) is 2.78. The average molecular weight is 273 g/mol. The lowest BCUT2D eigenvalue weighted by Crippen LogP contribution is -2.36. The second-order valence-corrected chi connectivity index (χ2v) is 4.89. The molecule has 1 fully saturated rings. The van der Waals surface area contributed by atoms with Crippen LogP contribution in [0, 0.1) is 5.92 Å². The molecule has 3 nitrogen and oxygen atoms in total. The highest BCUT2D eigenvalue weighted by Gasteiger charge is 2.33. The Morgan fingerprint density at radius 3 is 2.63 bits per heavy atom. The van der Waals surface area contributed by atoms with Gasteiger partial charge in [0.15, 0.2) is 0 Å². The van der Waals surface area contributed by atoms with Crippen LogP contribution in [0.2, 0.25) is 0 Å². The SMILES string of the molecule is CNCC1CCN(c2ccnc(C(F)(F)F)c2)CC1. The van der Waals surface area contributed by atoms with Crippen LogP contribution in [0.15, 0.2) is 18.3 Å². The zero-order valence-corrected chi connectivity index (χ0v) is 10.9. The van der Waals surface area contributed by atoms with Gasteiger partial charge in [-0.25, -0.2) is 0 Å². The van der Waals surface area contributed by atoms with Gasteiger partial charge in [-0.1, -0.05) is 0 Å². The van der Waals surface area contributed by atoms with Gasteiger partial charge in [0.05, 0.1) is 0 Å². The maximum atomic E-state index is 12.6. The summed E-state index contributed by atoms with van der Waals surface area (Å²) in [7, 11) is 1.92. The molecule has 0 spiro atoms. The van der Waals surface area contributed by atoms with E-state index in [2.05, 4.69) is 10.3 Å². The lowest BCUT2D eigenvalue weighted by molar-refractivity contribution is -0.141. The standard InChI is InChI=1S/C13H18F3N3/c1-17-9-10-3-6-19(7-4-10)11-2-5-18-12(8-11)13(14,15)16/h2,5,8,10,17H,3-4,6-7,9H2,1H3. The fourth-order valence-electron chi connectivity index (χ4n) is 2.46. The van der Waals surface area contributed by atoms with Crippen LogP contribution in [0.5, 0.6) is 0 Å². The van der Waals surface area contributed by atoms with E-state index >= 15 is 0 Å². The van der Waals surface area contributed by atoms with E-state index in [9.17, 15) is 13.2 Å². The summed E-state index contributed by atoms with van der Waals surface area (Å²) < 4.78 is 37.8. The number of nitrogens with zero attached hydrogens (tertiary/aromatic N) is 2. The second-order valence-electron chi connectivity index (χ2n) is 4.89. The maximum Gasteiger partial charge on any atom is 0.433 e. The lowest BCUT2D eigenvalue weighted by Gasteiger charge is -2.33. The molecule has 0 atom stereocenters. The van der Waals surface area contributed by atoms with Crippen molar-refractivity contribution in [1.29, 1.82) is 0 Å². The largest absolute Gasteiger partial charge is 0.433 e. The van der Waals surface area contributed by atoms with E-state index in [0.29, 0.717) is 11.6 Å². The fraction of sp³-hybridized carbons (Fsp3) is 0.615. The first-order valence-electron chi connectivity index (χ1n) is 6.43. The van der Waals surface area contributed by atoms with E-state index in [1.165, 1.54) is 6.20 Å². The first-order chi connectivity index (χ1) is 9.00. The van der Waals surface area contributed by atoms with Gasteiger partial charge in [0.1, 0.15) is 5.69 Å². The Bertz CT molecular complexity index is 412. The maximum absolute atomic E-state index is 12.6. The molecule has 0 amide bonds. The molecule has 2 rings (SSSR count). The van der Waals surface area contributed by atoms with E-state index in [1.54, 1.807) is 6.07 Å². The molecule has 1 aromatic heterocycles. The van der Waals surface area contributed by atoms with Gasteiger partial charge >= 0.3 is 6.18 Å². The number of halogens is 3. The number of aromatic nitrogens is 1. The Morgan fingerprint density at radius 2 is 2.05 bits per heavy atom. The van der Waals surface area contributed by atoms with Gasteiger partial charge in [-0.05, 0) is 44.5 Å². The van der Waals surface area contributed by atoms with Crippen LogP contribution in [-0.4, -0.2) is 31.7 Å². The quantitative estimate of drug-likeness (QED) is 0.917. The molecule has 19 heavy (non-hydrogen) atoms. The predicted molar refractivity (Wildman–Crippen MR) is 68.1 cm³/mol. The van der Waals surface area contributed by atoms with Crippen molar-refractivity contribution >= 4 is 5.69 Å². The zero-order valence-electron chi connectivity index (χ0n) is 10.9. The molecular weight excluding hydrogens is 255 g/mol. The number of alkyl halides is 3. The van der Waals surface area contributed by atoms with Crippen molar-refractivity contribution in [2.24, 2.45) is 5.92 Å². The Morgan fingerprint density at radius 1 is 1.37 bits per heavy atom. The van der Waals surface area contributed by atoms with Crippen molar-refractivity contribution in [3.8, 4) is 0 Å². The third-order valence-corrected chi connectivity index (χ3v) is 3.51. The summed E-state index contributed by atoms with van der Waals surface area (Å²) >= 11 is 0. The van der Waals surface area contributed by atoms with Crippen molar-refractivity contribution < 1.29 is 13.2 Å². The predicted octanol–water partition coefficient (Wildman–Crippen LogP) is 2.54. The van der Waals surface area contributed by atoms with Crippen LogP contribution in [0.4, 0.5) is 18.9 Å². The minimum atomic E-state index is -4.37. The van der Waals surface area contributed by atoms with Gasteiger partial charge in [-0.2, -0.15) is 13.2 Å². The Kier molecular flexibility index (Phi) is 4.29. The summed E-state index contributed by atoms with van der Waals surface area (Å²) in [5.41, 5.74) is -0.201. The number of piperidine rings is 1. The molecule has 106 valence electrons. The van der Waals surface area contributed by atoms with E-state index in [4.69, 9.17) is 0 Å². The van der Waals surface area contributed by atoms with E-state index in [1.807, 2.05) is 11.9 Å². The first kappa shape index (κ1) is 14.1. The normalized spacial score (nSPS) is 17.8. The second kappa shape index (κ2) is 5.77. The van der Waals surface area contributed by atoms with Gasteiger partial charge in [-0.15, -0.1) is 0 Å². The van der Waals surface area contributed by atoms with E-state index in [-0.39, 0.29) is 0 Å². The fourth-order valence-corrected chi connectivity index (χ4v) is 2.46. The average Bonchev–Trinajstić information content (AvgIpc) is 2.39. The van der Waals surface area contributed by atoms with Crippen molar-refractivity contribution in [2.75, 3.05) is 31.6 Å². The molecule has 0 unspecified atom stereocenters. The first-order valence-corrected chi connectivity index (χ1v) is 6.43. The number of pyridine rings is 1. The molecule has 6 heteroatoms. The third kappa shape index (κ3) is 3.59.